The Kier molecular flexibility index (Phi) is 6.47. The van der Waals surface area contributed by atoms with Gasteiger partial charge in [0.15, 0.2) is 0 Å². The first-order valence-electron chi connectivity index (χ1n) is 10.2. The number of rotatable bonds is 5. The van der Waals surface area contributed by atoms with Gasteiger partial charge in [-0.15, -0.1) is 0 Å². The van der Waals surface area contributed by atoms with E-state index in [-0.39, 0.29) is 17.8 Å². The lowest BCUT2D eigenvalue weighted by Gasteiger charge is -2.44. The standard InChI is InChI=1S/C25H25ClF2N2/c1-18-3-5-19(6-4-18)16-29-13-2-14-30(17-20-7-9-21(27)10-8-20)25(29)23-12-11-22(28)15-24(23)26/h3-12,15,25H,2,13-14,16-17H2,1H3/t25-/m0/s1. The van der Waals surface area contributed by atoms with Crippen LogP contribution in [0.15, 0.2) is 66.7 Å². The first kappa shape index (κ1) is 21.0. The number of nitrogens with zero attached hydrogens (tertiary/aromatic N) is 2. The SMILES string of the molecule is Cc1ccc(CN2CCCN(Cc3ccc(F)cc3)[C@H]2c2ccc(F)cc2Cl)cc1. The van der Waals surface area contributed by atoms with Crippen LogP contribution in [-0.4, -0.2) is 22.9 Å². The third-order valence-electron chi connectivity index (χ3n) is 5.63. The Balaban J connectivity index is 1.66. The Morgan fingerprint density at radius 3 is 1.90 bits per heavy atom. The van der Waals surface area contributed by atoms with Crippen LogP contribution in [0.25, 0.3) is 0 Å². The van der Waals surface area contributed by atoms with E-state index in [9.17, 15) is 8.78 Å². The lowest BCUT2D eigenvalue weighted by Crippen LogP contribution is -2.47. The predicted octanol–water partition coefficient (Wildman–Crippen LogP) is 6.33. The molecular formula is C25H25ClF2N2. The third kappa shape index (κ3) is 4.89. The molecule has 0 amide bonds. The van der Waals surface area contributed by atoms with Crippen molar-refractivity contribution in [2.75, 3.05) is 13.1 Å². The van der Waals surface area contributed by atoms with E-state index in [2.05, 4.69) is 41.0 Å². The summed E-state index contributed by atoms with van der Waals surface area (Å²) in [5.41, 5.74) is 4.39. The van der Waals surface area contributed by atoms with Crippen molar-refractivity contribution < 1.29 is 8.78 Å². The third-order valence-corrected chi connectivity index (χ3v) is 5.96. The summed E-state index contributed by atoms with van der Waals surface area (Å²) in [7, 11) is 0. The van der Waals surface area contributed by atoms with Gasteiger partial charge >= 0.3 is 0 Å². The van der Waals surface area contributed by atoms with Crippen molar-refractivity contribution in [1.82, 2.24) is 9.80 Å². The van der Waals surface area contributed by atoms with E-state index in [1.807, 2.05) is 12.1 Å². The quantitative estimate of drug-likeness (QED) is 0.470. The van der Waals surface area contributed by atoms with Gasteiger partial charge in [-0.05, 0) is 48.7 Å². The van der Waals surface area contributed by atoms with Gasteiger partial charge in [-0.1, -0.05) is 59.6 Å². The van der Waals surface area contributed by atoms with E-state index in [0.717, 1.165) is 37.2 Å². The van der Waals surface area contributed by atoms with Crippen molar-refractivity contribution >= 4 is 11.6 Å². The molecule has 0 N–H and O–H groups in total. The van der Waals surface area contributed by atoms with Crippen molar-refractivity contribution in [2.24, 2.45) is 0 Å². The summed E-state index contributed by atoms with van der Waals surface area (Å²) in [5, 5.41) is 0.430. The van der Waals surface area contributed by atoms with Gasteiger partial charge in [-0.3, -0.25) is 9.80 Å². The average Bonchev–Trinajstić information content (AvgIpc) is 2.72. The second-order valence-electron chi connectivity index (χ2n) is 7.95. The highest BCUT2D eigenvalue weighted by Crippen LogP contribution is 2.36. The average molecular weight is 427 g/mol. The number of halogens is 3. The highest BCUT2D eigenvalue weighted by molar-refractivity contribution is 6.31. The molecule has 1 aliphatic rings. The van der Waals surface area contributed by atoms with Gasteiger partial charge in [0.05, 0.1) is 6.17 Å². The second kappa shape index (κ2) is 9.25. The van der Waals surface area contributed by atoms with Crippen molar-refractivity contribution in [3.8, 4) is 0 Å². The number of aryl methyl sites for hydroxylation is 1. The molecule has 1 atom stereocenters. The van der Waals surface area contributed by atoms with E-state index in [0.29, 0.717) is 11.6 Å². The largest absolute Gasteiger partial charge is 0.280 e. The highest BCUT2D eigenvalue weighted by Gasteiger charge is 2.32. The Labute approximate surface area is 181 Å². The van der Waals surface area contributed by atoms with E-state index in [4.69, 9.17) is 11.6 Å². The topological polar surface area (TPSA) is 6.48 Å². The minimum absolute atomic E-state index is 0.0850. The fourth-order valence-corrected chi connectivity index (χ4v) is 4.40. The molecule has 0 unspecified atom stereocenters. The summed E-state index contributed by atoms with van der Waals surface area (Å²) in [5.74, 6) is -0.578. The van der Waals surface area contributed by atoms with Crippen LogP contribution in [-0.2, 0) is 13.1 Å². The maximum Gasteiger partial charge on any atom is 0.124 e. The lowest BCUT2D eigenvalue weighted by atomic mass is 10.0. The first-order chi connectivity index (χ1) is 14.5. The lowest BCUT2D eigenvalue weighted by molar-refractivity contribution is -0.00907. The molecule has 3 aromatic rings. The maximum absolute atomic E-state index is 13.7. The van der Waals surface area contributed by atoms with Crippen LogP contribution in [0.2, 0.25) is 5.02 Å². The van der Waals surface area contributed by atoms with Gasteiger partial charge in [0.2, 0.25) is 0 Å². The molecule has 30 heavy (non-hydrogen) atoms. The molecule has 1 fully saturated rings. The van der Waals surface area contributed by atoms with Crippen LogP contribution >= 0.6 is 11.6 Å². The fraction of sp³-hybridized carbons (Fsp3) is 0.280. The van der Waals surface area contributed by atoms with Crippen molar-refractivity contribution in [3.63, 3.8) is 0 Å². The molecule has 1 heterocycles. The van der Waals surface area contributed by atoms with Gasteiger partial charge in [0, 0.05) is 36.8 Å². The predicted molar refractivity (Wildman–Crippen MR) is 117 cm³/mol. The molecule has 0 aliphatic carbocycles. The first-order valence-corrected chi connectivity index (χ1v) is 10.6. The molecule has 1 saturated heterocycles. The molecule has 156 valence electrons. The second-order valence-corrected chi connectivity index (χ2v) is 8.35. The molecule has 3 aromatic carbocycles. The molecule has 4 rings (SSSR count). The van der Waals surface area contributed by atoms with Gasteiger partial charge in [0.25, 0.3) is 0 Å². The zero-order valence-corrected chi connectivity index (χ0v) is 17.7. The summed E-state index contributed by atoms with van der Waals surface area (Å²) < 4.78 is 27.1. The van der Waals surface area contributed by atoms with Gasteiger partial charge in [-0.25, -0.2) is 8.78 Å². The van der Waals surface area contributed by atoms with Crippen LogP contribution in [0.1, 0.15) is 34.8 Å². The molecular weight excluding hydrogens is 402 g/mol. The molecule has 0 radical (unpaired) electrons. The van der Waals surface area contributed by atoms with Gasteiger partial charge in [0.1, 0.15) is 11.6 Å². The summed E-state index contributed by atoms with van der Waals surface area (Å²) in [6, 6.07) is 19.8. The minimum atomic E-state index is -0.338. The van der Waals surface area contributed by atoms with Crippen molar-refractivity contribution in [3.05, 3.63) is 106 Å². The van der Waals surface area contributed by atoms with Gasteiger partial charge < -0.3 is 0 Å². The number of hydrogen-bond acceptors (Lipinski definition) is 2. The van der Waals surface area contributed by atoms with Crippen LogP contribution in [0.3, 0.4) is 0 Å². The monoisotopic (exact) mass is 426 g/mol. The highest BCUT2D eigenvalue weighted by atomic mass is 35.5. The summed E-state index contributed by atoms with van der Waals surface area (Å²) in [6.45, 7) is 5.34. The molecule has 0 spiro atoms. The minimum Gasteiger partial charge on any atom is -0.280 e. The van der Waals surface area contributed by atoms with Gasteiger partial charge in [-0.2, -0.15) is 0 Å². The molecule has 0 bridgehead atoms. The maximum atomic E-state index is 13.7. The van der Waals surface area contributed by atoms with E-state index < -0.39 is 0 Å². The van der Waals surface area contributed by atoms with Crippen LogP contribution in [0.4, 0.5) is 8.78 Å². The van der Waals surface area contributed by atoms with Crippen molar-refractivity contribution in [2.45, 2.75) is 32.6 Å². The fourth-order valence-electron chi connectivity index (χ4n) is 4.14. The van der Waals surface area contributed by atoms with Crippen LogP contribution < -0.4 is 0 Å². The Morgan fingerprint density at radius 1 is 0.800 bits per heavy atom. The summed E-state index contributed by atoms with van der Waals surface area (Å²) in [4.78, 5) is 4.72. The van der Waals surface area contributed by atoms with E-state index in [1.165, 1.54) is 35.4 Å². The number of benzene rings is 3. The molecule has 0 saturated carbocycles. The molecule has 5 heteroatoms. The smallest absolute Gasteiger partial charge is 0.124 e. The molecule has 1 aliphatic heterocycles. The summed E-state index contributed by atoms with van der Waals surface area (Å²) in [6.07, 6.45) is 0.931. The molecule has 2 nitrogen and oxygen atoms in total. The Hall–Kier alpha value is -2.27. The van der Waals surface area contributed by atoms with Crippen LogP contribution in [0.5, 0.6) is 0 Å². The zero-order valence-electron chi connectivity index (χ0n) is 17.0. The van der Waals surface area contributed by atoms with Crippen molar-refractivity contribution in [1.29, 1.82) is 0 Å². The zero-order chi connectivity index (χ0) is 21.1. The Bertz CT molecular complexity index is 934. The van der Waals surface area contributed by atoms with E-state index >= 15 is 0 Å². The summed E-state index contributed by atoms with van der Waals surface area (Å²) >= 11 is 6.50. The van der Waals surface area contributed by atoms with E-state index in [1.54, 1.807) is 6.07 Å². The van der Waals surface area contributed by atoms with Crippen LogP contribution in [0, 0.1) is 18.6 Å². The molecule has 0 aromatic heterocycles. The Morgan fingerprint density at radius 2 is 1.33 bits per heavy atom. The normalized spacial score (nSPS) is 17.9. The number of hydrogen-bond donors (Lipinski definition) is 0.